The van der Waals surface area contributed by atoms with Crippen molar-refractivity contribution in [2.45, 2.75) is 18.9 Å². The molecule has 0 radical (unpaired) electrons. The summed E-state index contributed by atoms with van der Waals surface area (Å²) >= 11 is 0. The van der Waals surface area contributed by atoms with Crippen molar-refractivity contribution in [3.05, 3.63) is 59.7 Å². The van der Waals surface area contributed by atoms with Gasteiger partial charge in [-0.25, -0.2) is 0 Å². The highest BCUT2D eigenvalue weighted by atomic mass is 16.5. The molecule has 1 unspecified atom stereocenters. The zero-order valence-electron chi connectivity index (χ0n) is 12.3. The summed E-state index contributed by atoms with van der Waals surface area (Å²) in [6, 6.07) is 16.5. The number of nitrogens with one attached hydrogen (secondary N) is 1. The van der Waals surface area contributed by atoms with Gasteiger partial charge in [-0.15, -0.1) is 0 Å². The number of fused-ring (bicyclic) bond motifs is 1. The van der Waals surface area contributed by atoms with Gasteiger partial charge in [0.05, 0.1) is 13.2 Å². The van der Waals surface area contributed by atoms with E-state index in [1.165, 1.54) is 11.1 Å². The monoisotopic (exact) mass is 283 g/mol. The van der Waals surface area contributed by atoms with E-state index in [1.807, 2.05) is 31.3 Å². The molecule has 3 heteroatoms. The third-order valence-corrected chi connectivity index (χ3v) is 3.81. The fourth-order valence-corrected chi connectivity index (χ4v) is 2.74. The fourth-order valence-electron chi connectivity index (χ4n) is 2.74. The standard InChI is InChI=1S/C18H21NO2/c1-19-12-14-5-4-6-16(11-14)21-13-15-9-10-20-18-8-3-2-7-17(15)18/h2-8,11,15,19H,9-10,12-13H2,1H3. The van der Waals surface area contributed by atoms with Gasteiger partial charge in [0.15, 0.2) is 0 Å². The van der Waals surface area contributed by atoms with Crippen LogP contribution < -0.4 is 14.8 Å². The molecule has 1 heterocycles. The van der Waals surface area contributed by atoms with E-state index >= 15 is 0 Å². The van der Waals surface area contributed by atoms with Crippen molar-refractivity contribution in [3.8, 4) is 11.5 Å². The quantitative estimate of drug-likeness (QED) is 0.913. The summed E-state index contributed by atoms with van der Waals surface area (Å²) in [5.41, 5.74) is 2.50. The van der Waals surface area contributed by atoms with Crippen LogP contribution in [0.1, 0.15) is 23.5 Å². The summed E-state index contributed by atoms with van der Waals surface area (Å²) < 4.78 is 11.7. The molecular weight excluding hydrogens is 262 g/mol. The topological polar surface area (TPSA) is 30.5 Å². The van der Waals surface area contributed by atoms with E-state index in [4.69, 9.17) is 9.47 Å². The summed E-state index contributed by atoms with van der Waals surface area (Å²) in [6.07, 6.45) is 1.01. The fraction of sp³-hybridized carbons (Fsp3) is 0.333. The molecule has 0 fully saturated rings. The van der Waals surface area contributed by atoms with Gasteiger partial charge < -0.3 is 14.8 Å². The summed E-state index contributed by atoms with van der Waals surface area (Å²) in [5, 5.41) is 3.16. The van der Waals surface area contributed by atoms with Crippen LogP contribution in [0.5, 0.6) is 11.5 Å². The van der Waals surface area contributed by atoms with Crippen molar-refractivity contribution in [1.82, 2.24) is 5.32 Å². The Labute approximate surface area is 125 Å². The molecular formula is C18H21NO2. The Morgan fingerprint density at radius 2 is 2.10 bits per heavy atom. The summed E-state index contributed by atoms with van der Waals surface area (Å²) in [4.78, 5) is 0. The van der Waals surface area contributed by atoms with Crippen molar-refractivity contribution in [2.24, 2.45) is 0 Å². The second kappa shape index (κ2) is 6.64. The summed E-state index contributed by atoms with van der Waals surface area (Å²) in [5.74, 6) is 2.34. The highest BCUT2D eigenvalue weighted by Gasteiger charge is 2.21. The second-order valence-electron chi connectivity index (χ2n) is 5.36. The maximum Gasteiger partial charge on any atom is 0.122 e. The van der Waals surface area contributed by atoms with E-state index in [0.29, 0.717) is 12.5 Å². The first-order chi connectivity index (χ1) is 10.4. The number of para-hydroxylation sites is 1. The average molecular weight is 283 g/mol. The zero-order chi connectivity index (χ0) is 14.5. The number of ether oxygens (including phenoxy) is 2. The Bertz CT molecular complexity index is 597. The summed E-state index contributed by atoms with van der Waals surface area (Å²) in [6.45, 7) is 2.32. The van der Waals surface area contributed by atoms with E-state index in [-0.39, 0.29) is 0 Å². The molecule has 0 saturated carbocycles. The largest absolute Gasteiger partial charge is 0.493 e. The van der Waals surface area contributed by atoms with Crippen LogP contribution in [-0.2, 0) is 6.54 Å². The molecule has 0 saturated heterocycles. The van der Waals surface area contributed by atoms with Crippen molar-refractivity contribution >= 4 is 0 Å². The predicted molar refractivity (Wildman–Crippen MR) is 84.0 cm³/mol. The molecule has 1 aliphatic heterocycles. The van der Waals surface area contributed by atoms with Crippen molar-refractivity contribution in [1.29, 1.82) is 0 Å². The minimum absolute atomic E-state index is 0.405. The second-order valence-corrected chi connectivity index (χ2v) is 5.36. The number of hydrogen-bond acceptors (Lipinski definition) is 3. The van der Waals surface area contributed by atoms with Gasteiger partial charge in [0.2, 0.25) is 0 Å². The van der Waals surface area contributed by atoms with E-state index in [9.17, 15) is 0 Å². The van der Waals surface area contributed by atoms with Gasteiger partial charge in [0, 0.05) is 18.0 Å². The van der Waals surface area contributed by atoms with Crippen LogP contribution in [0, 0.1) is 0 Å². The van der Waals surface area contributed by atoms with Crippen LogP contribution in [0.4, 0.5) is 0 Å². The van der Waals surface area contributed by atoms with Crippen molar-refractivity contribution < 1.29 is 9.47 Å². The lowest BCUT2D eigenvalue weighted by atomic mass is 9.94. The van der Waals surface area contributed by atoms with Crippen LogP contribution >= 0.6 is 0 Å². The maximum absolute atomic E-state index is 6.01. The smallest absolute Gasteiger partial charge is 0.122 e. The van der Waals surface area contributed by atoms with E-state index in [1.54, 1.807) is 0 Å². The normalized spacial score (nSPS) is 16.9. The van der Waals surface area contributed by atoms with Crippen LogP contribution in [0.2, 0.25) is 0 Å². The first kappa shape index (κ1) is 14.0. The van der Waals surface area contributed by atoms with Crippen LogP contribution in [-0.4, -0.2) is 20.3 Å². The number of benzene rings is 2. The van der Waals surface area contributed by atoms with E-state index < -0.39 is 0 Å². The molecule has 0 spiro atoms. The first-order valence-corrected chi connectivity index (χ1v) is 7.45. The third kappa shape index (κ3) is 3.37. The van der Waals surface area contributed by atoms with Gasteiger partial charge in [-0.1, -0.05) is 30.3 Å². The maximum atomic E-state index is 6.01. The minimum atomic E-state index is 0.405. The SMILES string of the molecule is CNCc1cccc(OCC2CCOc3ccccc32)c1. The molecule has 110 valence electrons. The lowest BCUT2D eigenvalue weighted by molar-refractivity contribution is 0.217. The molecule has 2 aromatic carbocycles. The number of rotatable bonds is 5. The Morgan fingerprint density at radius 3 is 3.00 bits per heavy atom. The lowest BCUT2D eigenvalue weighted by Crippen LogP contribution is -2.19. The summed E-state index contributed by atoms with van der Waals surface area (Å²) in [7, 11) is 1.95. The van der Waals surface area contributed by atoms with Gasteiger partial charge in [0.25, 0.3) is 0 Å². The Kier molecular flexibility index (Phi) is 4.41. The molecule has 0 aliphatic carbocycles. The molecule has 1 N–H and O–H groups in total. The molecule has 3 rings (SSSR count). The van der Waals surface area contributed by atoms with Crippen molar-refractivity contribution in [3.63, 3.8) is 0 Å². The van der Waals surface area contributed by atoms with Gasteiger partial charge in [0.1, 0.15) is 11.5 Å². The molecule has 3 nitrogen and oxygen atoms in total. The van der Waals surface area contributed by atoms with E-state index in [2.05, 4.69) is 29.6 Å². The van der Waals surface area contributed by atoms with Gasteiger partial charge in [-0.05, 0) is 37.2 Å². The number of hydrogen-bond donors (Lipinski definition) is 1. The average Bonchev–Trinajstić information content (AvgIpc) is 2.53. The Balaban J connectivity index is 1.67. The molecule has 1 aliphatic rings. The molecule has 2 aromatic rings. The molecule has 1 atom stereocenters. The van der Waals surface area contributed by atoms with Crippen molar-refractivity contribution in [2.75, 3.05) is 20.3 Å². The van der Waals surface area contributed by atoms with Gasteiger partial charge >= 0.3 is 0 Å². The van der Waals surface area contributed by atoms with E-state index in [0.717, 1.165) is 31.1 Å². The lowest BCUT2D eigenvalue weighted by Gasteiger charge is -2.25. The minimum Gasteiger partial charge on any atom is -0.493 e. The molecule has 21 heavy (non-hydrogen) atoms. The van der Waals surface area contributed by atoms with Gasteiger partial charge in [-0.2, -0.15) is 0 Å². The molecule has 0 amide bonds. The Morgan fingerprint density at radius 1 is 1.19 bits per heavy atom. The first-order valence-electron chi connectivity index (χ1n) is 7.45. The van der Waals surface area contributed by atoms with Crippen LogP contribution in [0.25, 0.3) is 0 Å². The zero-order valence-corrected chi connectivity index (χ0v) is 12.3. The highest BCUT2D eigenvalue weighted by Crippen LogP contribution is 2.33. The Hall–Kier alpha value is -2.00. The molecule has 0 aromatic heterocycles. The highest BCUT2D eigenvalue weighted by molar-refractivity contribution is 5.38. The van der Waals surface area contributed by atoms with Crippen LogP contribution in [0.3, 0.4) is 0 Å². The molecule has 0 bridgehead atoms. The van der Waals surface area contributed by atoms with Crippen LogP contribution in [0.15, 0.2) is 48.5 Å². The predicted octanol–water partition coefficient (Wildman–Crippen LogP) is 3.35. The van der Waals surface area contributed by atoms with Gasteiger partial charge in [-0.3, -0.25) is 0 Å². The third-order valence-electron chi connectivity index (χ3n) is 3.81.